The number of aliphatic hydroxyl groups excluding tert-OH is 1. The molecule has 3 aliphatic carbocycles. The zero-order valence-electron chi connectivity index (χ0n) is 26.1. The van der Waals surface area contributed by atoms with Crippen LogP contribution in [0.4, 0.5) is 5.13 Å². The minimum Gasteiger partial charge on any atom is -0.461 e. The fourth-order valence-corrected chi connectivity index (χ4v) is 10.1. The molecule has 10 nitrogen and oxygen atoms in total. The summed E-state index contributed by atoms with van der Waals surface area (Å²) in [7, 11) is 2.08. The highest BCUT2D eigenvalue weighted by Gasteiger charge is 2.68. The van der Waals surface area contributed by atoms with Crippen molar-refractivity contribution < 1.29 is 24.2 Å². The molecule has 3 saturated carbocycles. The lowest BCUT2D eigenvalue weighted by Gasteiger charge is -2.61. The van der Waals surface area contributed by atoms with Gasteiger partial charge < -0.3 is 14.7 Å². The van der Waals surface area contributed by atoms with Crippen LogP contribution in [0.15, 0.2) is 17.0 Å². The number of esters is 1. The van der Waals surface area contributed by atoms with Crippen molar-refractivity contribution in [3.05, 3.63) is 12.7 Å². The molecule has 1 aliphatic heterocycles. The predicted octanol–water partition coefficient (Wildman–Crippen LogP) is 3.72. The molecular weight excluding hydrogens is 587 g/mol. The number of aliphatic hydroxyl groups is 1. The lowest BCUT2D eigenvalue weighted by molar-refractivity contribution is -0.205. The maximum Gasteiger partial charge on any atom is 0.316 e. The second-order valence-corrected chi connectivity index (χ2v) is 16.1. The standard InChI is InChI=1S/C31H47N5O5S2/c1-7-29(4)16-22(30(5)19(2)8-10-31(20(3)26(29)40)11-9-21(37)25(30)31)41-24(39)18-42-28-34-33-27(43-28)32-23(38)17-36-14-12-35(6)13-15-36/h7,19-20,22,25-26,40H,1,8-18H2,2-6H3,(H,32,33,38)/t19-,20+,22-,25+,26+,29-,30+,31+/m1/s1. The van der Waals surface area contributed by atoms with Gasteiger partial charge in [-0.25, -0.2) is 0 Å². The van der Waals surface area contributed by atoms with Crippen LogP contribution in [0.1, 0.15) is 59.8 Å². The zero-order valence-corrected chi connectivity index (χ0v) is 27.8. The monoisotopic (exact) mass is 633 g/mol. The first-order valence-corrected chi connectivity index (χ1v) is 17.3. The normalized spacial score (nSPS) is 38.6. The van der Waals surface area contributed by atoms with E-state index in [4.69, 9.17) is 4.74 Å². The number of ketones is 1. The molecule has 0 radical (unpaired) electrons. The summed E-state index contributed by atoms with van der Waals surface area (Å²) in [4.78, 5) is 43.8. The Bertz CT molecular complexity index is 1240. The van der Waals surface area contributed by atoms with Gasteiger partial charge in [-0.2, -0.15) is 0 Å². The maximum atomic E-state index is 13.6. The number of anilines is 1. The van der Waals surface area contributed by atoms with Crippen molar-refractivity contribution in [2.75, 3.05) is 50.8 Å². The molecule has 2 N–H and O–H groups in total. The summed E-state index contributed by atoms with van der Waals surface area (Å²) in [6.07, 6.45) is 4.07. The summed E-state index contributed by atoms with van der Waals surface area (Å²) in [5.74, 6) is -0.409. The molecule has 5 rings (SSSR count). The number of nitrogens with zero attached hydrogens (tertiary/aromatic N) is 4. The molecule has 1 amide bonds. The van der Waals surface area contributed by atoms with E-state index < -0.39 is 29.0 Å². The van der Waals surface area contributed by atoms with Crippen molar-refractivity contribution in [1.29, 1.82) is 0 Å². The molecule has 0 spiro atoms. The number of hydrogen-bond acceptors (Lipinski definition) is 11. The van der Waals surface area contributed by atoms with E-state index in [2.05, 4.69) is 59.7 Å². The van der Waals surface area contributed by atoms with Gasteiger partial charge in [0.15, 0.2) is 4.34 Å². The van der Waals surface area contributed by atoms with E-state index in [0.717, 1.165) is 45.4 Å². The summed E-state index contributed by atoms with van der Waals surface area (Å²) >= 11 is 2.46. The SMILES string of the molecule is C=C[C@]1(C)C[C@@H](OC(=O)CSc2nnc(NC(=O)CN3CCN(C)CC3)s2)[C@]2(C)[C@H](C)CC[C@]3(CCC(=O)[C@H]32)[C@@H](C)[C@@H]1O. The number of carbonyl (C=O) groups excluding carboxylic acids is 3. The van der Waals surface area contributed by atoms with Crippen LogP contribution < -0.4 is 5.32 Å². The van der Waals surface area contributed by atoms with Gasteiger partial charge in [0.25, 0.3) is 0 Å². The van der Waals surface area contributed by atoms with E-state index in [1.807, 2.05) is 13.0 Å². The number of amides is 1. The van der Waals surface area contributed by atoms with Gasteiger partial charge in [-0.05, 0) is 50.0 Å². The van der Waals surface area contributed by atoms with Gasteiger partial charge in [0.05, 0.1) is 18.4 Å². The fraction of sp³-hybridized carbons (Fsp3) is 0.774. The molecule has 12 heteroatoms. The lowest BCUT2D eigenvalue weighted by atomic mass is 9.44. The van der Waals surface area contributed by atoms with Gasteiger partial charge in [-0.15, -0.1) is 16.8 Å². The Labute approximate surface area is 263 Å². The van der Waals surface area contributed by atoms with Crippen LogP contribution in [0, 0.1) is 34.0 Å². The number of hydrogen-bond donors (Lipinski definition) is 2. The van der Waals surface area contributed by atoms with Crippen LogP contribution in [0.5, 0.6) is 0 Å². The molecule has 238 valence electrons. The summed E-state index contributed by atoms with van der Waals surface area (Å²) in [6.45, 7) is 16.4. The van der Waals surface area contributed by atoms with E-state index in [1.54, 1.807) is 0 Å². The number of aromatic nitrogens is 2. The molecule has 4 aliphatic rings. The number of likely N-dealkylation sites (N-methyl/N-ethyl adjacent to an activating group) is 1. The van der Waals surface area contributed by atoms with Crippen LogP contribution in [0.3, 0.4) is 0 Å². The average molecular weight is 634 g/mol. The number of carbonyl (C=O) groups is 3. The first-order chi connectivity index (χ1) is 20.3. The number of ether oxygens (including phenoxy) is 1. The number of rotatable bonds is 8. The molecule has 2 bridgehead atoms. The van der Waals surface area contributed by atoms with E-state index in [9.17, 15) is 19.5 Å². The first kappa shape index (κ1) is 32.5. The van der Waals surface area contributed by atoms with Gasteiger partial charge in [0, 0.05) is 49.3 Å². The van der Waals surface area contributed by atoms with Crippen molar-refractivity contribution >= 4 is 45.9 Å². The van der Waals surface area contributed by atoms with Crippen LogP contribution in [-0.4, -0.2) is 100 Å². The maximum absolute atomic E-state index is 13.6. The second kappa shape index (κ2) is 12.5. The molecule has 1 aromatic heterocycles. The molecule has 4 fully saturated rings. The fourth-order valence-electron chi connectivity index (χ4n) is 8.50. The smallest absolute Gasteiger partial charge is 0.316 e. The highest BCUT2D eigenvalue weighted by atomic mass is 32.2. The quantitative estimate of drug-likeness (QED) is 0.189. The Balaban J connectivity index is 1.26. The van der Waals surface area contributed by atoms with Gasteiger partial charge in [-0.3, -0.25) is 24.6 Å². The molecule has 1 saturated heterocycles. The molecule has 0 unspecified atom stereocenters. The highest BCUT2D eigenvalue weighted by Crippen LogP contribution is 2.68. The lowest BCUT2D eigenvalue weighted by Crippen LogP contribution is -2.63. The number of thioether (sulfide) groups is 1. The van der Waals surface area contributed by atoms with Gasteiger partial charge in [0.1, 0.15) is 11.9 Å². The Morgan fingerprint density at radius 2 is 1.93 bits per heavy atom. The zero-order chi connectivity index (χ0) is 31.2. The van der Waals surface area contributed by atoms with Crippen molar-refractivity contribution in [2.24, 2.45) is 34.0 Å². The Kier molecular flexibility index (Phi) is 9.46. The molecule has 0 aromatic carbocycles. The first-order valence-electron chi connectivity index (χ1n) is 15.5. The topological polar surface area (TPSA) is 125 Å². The van der Waals surface area contributed by atoms with Gasteiger partial charge in [0.2, 0.25) is 11.0 Å². The third-order valence-corrected chi connectivity index (χ3v) is 13.5. The minimum atomic E-state index is -0.696. The van der Waals surface area contributed by atoms with Crippen molar-refractivity contribution in [1.82, 2.24) is 20.0 Å². The van der Waals surface area contributed by atoms with Crippen LogP contribution in [0.2, 0.25) is 0 Å². The Hall–Kier alpha value is -1.86. The Morgan fingerprint density at radius 3 is 2.63 bits per heavy atom. The van der Waals surface area contributed by atoms with E-state index in [0.29, 0.717) is 28.9 Å². The van der Waals surface area contributed by atoms with Gasteiger partial charge >= 0.3 is 5.97 Å². The highest BCUT2D eigenvalue weighted by molar-refractivity contribution is 8.01. The molecule has 1 aromatic rings. The second-order valence-electron chi connectivity index (χ2n) is 13.9. The minimum absolute atomic E-state index is 0.0261. The average Bonchev–Trinajstić information content (AvgIpc) is 3.58. The van der Waals surface area contributed by atoms with Crippen LogP contribution >= 0.6 is 23.1 Å². The third-order valence-electron chi connectivity index (χ3n) is 11.5. The van der Waals surface area contributed by atoms with Crippen molar-refractivity contribution in [3.63, 3.8) is 0 Å². The number of nitrogens with one attached hydrogen (secondary N) is 1. The molecule has 2 heterocycles. The van der Waals surface area contributed by atoms with Gasteiger partial charge in [-0.1, -0.05) is 56.9 Å². The largest absolute Gasteiger partial charge is 0.461 e. The van der Waals surface area contributed by atoms with Crippen LogP contribution in [-0.2, 0) is 19.1 Å². The summed E-state index contributed by atoms with van der Waals surface area (Å²) in [5, 5.41) is 23.2. The van der Waals surface area contributed by atoms with E-state index in [-0.39, 0.29) is 40.6 Å². The number of Topliss-reactive ketones (excluding diaryl/α,β-unsaturated/α-hetero) is 1. The third kappa shape index (κ3) is 6.06. The van der Waals surface area contributed by atoms with Crippen molar-refractivity contribution in [3.8, 4) is 0 Å². The Morgan fingerprint density at radius 1 is 1.21 bits per heavy atom. The van der Waals surface area contributed by atoms with E-state index >= 15 is 0 Å². The molecular formula is C31H47N5O5S2. The van der Waals surface area contributed by atoms with Crippen LogP contribution in [0.25, 0.3) is 0 Å². The summed E-state index contributed by atoms with van der Waals surface area (Å²) < 4.78 is 6.87. The number of piperazine rings is 1. The van der Waals surface area contributed by atoms with E-state index in [1.165, 1.54) is 23.1 Å². The summed E-state index contributed by atoms with van der Waals surface area (Å²) in [5.41, 5.74) is -1.52. The molecule has 43 heavy (non-hydrogen) atoms. The summed E-state index contributed by atoms with van der Waals surface area (Å²) in [6, 6.07) is 0. The van der Waals surface area contributed by atoms with Crippen molar-refractivity contribution in [2.45, 2.75) is 76.3 Å². The predicted molar refractivity (Wildman–Crippen MR) is 168 cm³/mol. The molecule has 8 atom stereocenters.